The lowest BCUT2D eigenvalue weighted by Gasteiger charge is -2.05. The maximum Gasteiger partial charge on any atom is 0.134 e. The molecule has 1 heterocycles. The molecule has 76 valence electrons. The fourth-order valence-corrected chi connectivity index (χ4v) is 2.11. The van der Waals surface area contributed by atoms with Crippen molar-refractivity contribution in [3.63, 3.8) is 0 Å². The molecule has 1 aliphatic rings. The van der Waals surface area contributed by atoms with E-state index >= 15 is 0 Å². The Hall–Kier alpha value is -0.740. The average Bonchev–Trinajstić information content (AvgIpc) is 2.63. The Balaban J connectivity index is 2.28. The van der Waals surface area contributed by atoms with Crippen molar-refractivity contribution in [2.75, 3.05) is 6.61 Å². The van der Waals surface area contributed by atoms with Gasteiger partial charge in [0.1, 0.15) is 17.1 Å². The quantitative estimate of drug-likeness (QED) is 0.777. The molecule has 4 heteroatoms. The van der Waals surface area contributed by atoms with Gasteiger partial charge in [-0.1, -0.05) is 12.2 Å². The van der Waals surface area contributed by atoms with Gasteiger partial charge < -0.3 is 9.72 Å². The number of fused-ring (bicyclic) bond motifs is 1. The average molecular weight is 210 g/mol. The fraction of sp³-hybridized carbons (Fsp3) is 0.600. The first kappa shape index (κ1) is 9.80. The van der Waals surface area contributed by atoms with E-state index in [-0.39, 0.29) is 0 Å². The first-order valence-corrected chi connectivity index (χ1v) is 5.40. The number of hydrogen-bond donors (Lipinski definition) is 1. The van der Waals surface area contributed by atoms with Gasteiger partial charge in [0, 0.05) is 17.9 Å². The monoisotopic (exact) mass is 210 g/mol. The zero-order chi connectivity index (χ0) is 9.97. The van der Waals surface area contributed by atoms with Crippen LogP contribution in [0.3, 0.4) is 0 Å². The lowest BCUT2D eigenvalue weighted by atomic mass is 10.3. The van der Waals surface area contributed by atoms with Gasteiger partial charge >= 0.3 is 0 Å². The van der Waals surface area contributed by atoms with Crippen molar-refractivity contribution in [2.45, 2.75) is 32.8 Å². The van der Waals surface area contributed by atoms with Crippen molar-refractivity contribution in [2.24, 2.45) is 0 Å². The van der Waals surface area contributed by atoms with Gasteiger partial charge in [-0.15, -0.1) is 0 Å². The highest BCUT2D eigenvalue weighted by Gasteiger charge is 2.14. The molecule has 0 aliphatic heterocycles. The van der Waals surface area contributed by atoms with E-state index in [1.165, 1.54) is 17.7 Å². The summed E-state index contributed by atoms with van der Waals surface area (Å²) in [5.74, 6) is 0.859. The van der Waals surface area contributed by atoms with Crippen molar-refractivity contribution >= 4 is 12.2 Å². The van der Waals surface area contributed by atoms with Crippen LogP contribution in [0, 0.1) is 4.64 Å². The second-order valence-corrected chi connectivity index (χ2v) is 3.82. The molecular weight excluding hydrogens is 196 g/mol. The smallest absolute Gasteiger partial charge is 0.134 e. The second kappa shape index (κ2) is 4.19. The molecule has 3 nitrogen and oxygen atoms in total. The van der Waals surface area contributed by atoms with Crippen LogP contribution >= 0.6 is 12.2 Å². The van der Waals surface area contributed by atoms with Crippen LogP contribution in [0.1, 0.15) is 30.4 Å². The van der Waals surface area contributed by atoms with Gasteiger partial charge in [-0.2, -0.15) is 0 Å². The number of ether oxygens (including phenoxy) is 1. The molecule has 1 aliphatic carbocycles. The Bertz CT molecular complexity index is 386. The summed E-state index contributed by atoms with van der Waals surface area (Å²) in [6, 6.07) is 0. The van der Waals surface area contributed by atoms with E-state index in [2.05, 4.69) is 9.97 Å². The molecule has 2 rings (SSSR count). The molecule has 0 amide bonds. The highest BCUT2D eigenvalue weighted by atomic mass is 32.1. The minimum atomic E-state index is 0.535. The third kappa shape index (κ3) is 1.86. The number of rotatable bonds is 3. The van der Waals surface area contributed by atoms with E-state index in [0.29, 0.717) is 13.2 Å². The number of H-pyrrole nitrogens is 1. The van der Waals surface area contributed by atoms with Crippen molar-refractivity contribution < 1.29 is 4.74 Å². The second-order valence-electron chi connectivity index (χ2n) is 3.44. The van der Waals surface area contributed by atoms with Crippen LogP contribution in [0.4, 0.5) is 0 Å². The lowest BCUT2D eigenvalue weighted by molar-refractivity contribution is 0.128. The van der Waals surface area contributed by atoms with Gasteiger partial charge in [0.05, 0.1) is 0 Å². The van der Waals surface area contributed by atoms with Gasteiger partial charge in [0.2, 0.25) is 0 Å². The van der Waals surface area contributed by atoms with E-state index in [1.54, 1.807) is 0 Å². The Labute approximate surface area is 88.5 Å². The standard InChI is InChI=1S/C10H14N2OS/c1-2-13-6-9-11-8-5-3-4-7(8)10(14)12-9/h2-6H2,1H3,(H,11,12,14). The molecule has 0 radical (unpaired) electrons. The van der Waals surface area contributed by atoms with Gasteiger partial charge in [-0.05, 0) is 26.2 Å². The minimum Gasteiger partial charge on any atom is -0.374 e. The van der Waals surface area contributed by atoms with Gasteiger partial charge in [-0.25, -0.2) is 4.98 Å². The molecular formula is C10H14N2OS. The number of aryl methyl sites for hydroxylation is 1. The fourth-order valence-electron chi connectivity index (χ4n) is 1.78. The number of hydrogen-bond acceptors (Lipinski definition) is 3. The van der Waals surface area contributed by atoms with Crippen molar-refractivity contribution in [1.82, 2.24) is 9.97 Å². The van der Waals surface area contributed by atoms with Crippen LogP contribution in [0.25, 0.3) is 0 Å². The molecule has 0 saturated heterocycles. The van der Waals surface area contributed by atoms with Gasteiger partial charge in [-0.3, -0.25) is 0 Å². The number of nitrogens with one attached hydrogen (secondary N) is 1. The van der Waals surface area contributed by atoms with Crippen LogP contribution in [0.2, 0.25) is 0 Å². The largest absolute Gasteiger partial charge is 0.374 e. The molecule has 0 fully saturated rings. The molecule has 1 aromatic heterocycles. The van der Waals surface area contributed by atoms with Gasteiger partial charge in [0.25, 0.3) is 0 Å². The Morgan fingerprint density at radius 3 is 3.14 bits per heavy atom. The molecule has 14 heavy (non-hydrogen) atoms. The third-order valence-corrected chi connectivity index (χ3v) is 2.79. The molecule has 0 bridgehead atoms. The number of nitrogens with zero attached hydrogens (tertiary/aromatic N) is 1. The van der Waals surface area contributed by atoms with Crippen molar-refractivity contribution in [3.8, 4) is 0 Å². The molecule has 0 unspecified atom stereocenters. The third-order valence-electron chi connectivity index (χ3n) is 2.45. The Morgan fingerprint density at radius 1 is 1.50 bits per heavy atom. The van der Waals surface area contributed by atoms with E-state index in [0.717, 1.165) is 23.3 Å². The zero-order valence-electron chi connectivity index (χ0n) is 8.30. The summed E-state index contributed by atoms with van der Waals surface area (Å²) in [5, 5.41) is 0. The maximum atomic E-state index is 5.29. The lowest BCUT2D eigenvalue weighted by Crippen LogP contribution is -2.03. The Morgan fingerprint density at radius 2 is 2.36 bits per heavy atom. The number of aromatic amines is 1. The summed E-state index contributed by atoms with van der Waals surface area (Å²) in [7, 11) is 0. The van der Waals surface area contributed by atoms with Crippen LogP contribution in [0.5, 0.6) is 0 Å². The molecule has 0 saturated carbocycles. The van der Waals surface area contributed by atoms with Crippen molar-refractivity contribution in [3.05, 3.63) is 21.7 Å². The summed E-state index contributed by atoms with van der Waals surface area (Å²) in [5.41, 5.74) is 2.50. The summed E-state index contributed by atoms with van der Waals surface area (Å²) >= 11 is 5.23. The van der Waals surface area contributed by atoms with Crippen LogP contribution < -0.4 is 0 Å². The van der Waals surface area contributed by atoms with E-state index in [1.807, 2.05) is 6.92 Å². The van der Waals surface area contributed by atoms with E-state index in [4.69, 9.17) is 17.0 Å². The highest BCUT2D eigenvalue weighted by Crippen LogP contribution is 2.20. The van der Waals surface area contributed by atoms with Crippen LogP contribution in [-0.2, 0) is 24.2 Å². The SMILES string of the molecule is CCOCc1nc(=S)c2c([nH]1)CCC2. The summed E-state index contributed by atoms with van der Waals surface area (Å²) in [4.78, 5) is 7.61. The minimum absolute atomic E-state index is 0.535. The summed E-state index contributed by atoms with van der Waals surface area (Å²) in [6.45, 7) is 3.22. The highest BCUT2D eigenvalue weighted by molar-refractivity contribution is 7.71. The summed E-state index contributed by atoms with van der Waals surface area (Å²) < 4.78 is 6.05. The van der Waals surface area contributed by atoms with Crippen molar-refractivity contribution in [1.29, 1.82) is 0 Å². The molecule has 0 aromatic carbocycles. The summed E-state index contributed by atoms with van der Waals surface area (Å²) in [6.07, 6.45) is 3.36. The van der Waals surface area contributed by atoms with E-state index < -0.39 is 0 Å². The Kier molecular flexibility index (Phi) is 2.93. The molecule has 1 N–H and O–H groups in total. The first-order valence-electron chi connectivity index (χ1n) is 5.00. The predicted molar refractivity (Wildman–Crippen MR) is 56.8 cm³/mol. The van der Waals surface area contributed by atoms with E-state index in [9.17, 15) is 0 Å². The van der Waals surface area contributed by atoms with Gasteiger partial charge in [0.15, 0.2) is 0 Å². The topological polar surface area (TPSA) is 37.9 Å². The normalized spacial score (nSPS) is 14.4. The zero-order valence-corrected chi connectivity index (χ0v) is 9.12. The number of aromatic nitrogens is 2. The molecule has 0 spiro atoms. The molecule has 0 atom stereocenters. The predicted octanol–water partition coefficient (Wildman–Crippen LogP) is 2.16. The van der Waals surface area contributed by atoms with Crippen LogP contribution in [-0.4, -0.2) is 16.6 Å². The maximum absolute atomic E-state index is 5.29. The molecule has 1 aromatic rings. The van der Waals surface area contributed by atoms with Crippen LogP contribution in [0.15, 0.2) is 0 Å². The first-order chi connectivity index (χ1) is 6.81.